The summed E-state index contributed by atoms with van der Waals surface area (Å²) in [5.74, 6) is 0.0733. The van der Waals surface area contributed by atoms with Crippen LogP contribution in [0.15, 0.2) is 27.6 Å². The highest BCUT2D eigenvalue weighted by molar-refractivity contribution is 9.10. The first kappa shape index (κ1) is 11.0. The van der Waals surface area contributed by atoms with E-state index in [4.69, 9.17) is 0 Å². The van der Waals surface area contributed by atoms with E-state index in [9.17, 15) is 4.79 Å². The number of anilines is 1. The van der Waals surface area contributed by atoms with Gasteiger partial charge in [0.25, 0.3) is 0 Å². The van der Waals surface area contributed by atoms with Gasteiger partial charge >= 0.3 is 0 Å². The molecule has 0 aliphatic carbocycles. The van der Waals surface area contributed by atoms with Crippen LogP contribution in [-0.4, -0.2) is 24.7 Å². The first-order chi connectivity index (χ1) is 7.20. The van der Waals surface area contributed by atoms with Gasteiger partial charge in [0, 0.05) is 15.9 Å². The van der Waals surface area contributed by atoms with E-state index in [2.05, 4.69) is 26.6 Å². The fraction of sp³-hybridized carbons (Fsp3) is 0.300. The van der Waals surface area contributed by atoms with Crippen molar-refractivity contribution in [3.05, 3.63) is 22.7 Å². The van der Waals surface area contributed by atoms with Crippen LogP contribution in [0.5, 0.6) is 0 Å². The van der Waals surface area contributed by atoms with Crippen LogP contribution in [0.3, 0.4) is 0 Å². The molecule has 15 heavy (non-hydrogen) atoms. The Morgan fingerprint density at radius 2 is 2.40 bits per heavy atom. The summed E-state index contributed by atoms with van der Waals surface area (Å²) < 4.78 is 1.04. The number of hydrogen-bond acceptors (Lipinski definition) is 3. The molecule has 3 nitrogen and oxygen atoms in total. The maximum Gasteiger partial charge on any atom is 0.239 e. The lowest BCUT2D eigenvalue weighted by atomic mass is 10.3. The molecule has 1 unspecified atom stereocenters. The van der Waals surface area contributed by atoms with Crippen molar-refractivity contribution in [3.63, 3.8) is 0 Å². The normalized spacial score (nSPS) is 19.6. The number of halogens is 1. The van der Waals surface area contributed by atoms with Gasteiger partial charge in [0.1, 0.15) is 5.25 Å². The first-order valence-electron chi connectivity index (χ1n) is 4.62. The number of amides is 1. The van der Waals surface area contributed by atoms with Crippen LogP contribution >= 0.6 is 27.7 Å². The van der Waals surface area contributed by atoms with Crippen molar-refractivity contribution >= 4 is 39.3 Å². The third-order valence-electron chi connectivity index (χ3n) is 2.15. The molecule has 1 aliphatic heterocycles. The maximum atomic E-state index is 11.6. The Morgan fingerprint density at radius 3 is 3.13 bits per heavy atom. The van der Waals surface area contributed by atoms with E-state index in [1.807, 2.05) is 25.2 Å². The number of carbonyl (C=O) groups is 1. The number of rotatable bonds is 2. The van der Waals surface area contributed by atoms with E-state index in [1.165, 1.54) is 0 Å². The average Bonchev–Trinajstić information content (AvgIpc) is 2.20. The number of fused-ring (bicyclic) bond motifs is 1. The average molecular weight is 287 g/mol. The van der Waals surface area contributed by atoms with Gasteiger partial charge in [-0.05, 0) is 25.2 Å². The Labute approximate surface area is 101 Å². The minimum absolute atomic E-state index is 0.0446. The van der Waals surface area contributed by atoms with Crippen LogP contribution in [0.1, 0.15) is 0 Å². The van der Waals surface area contributed by atoms with Crippen LogP contribution in [0, 0.1) is 0 Å². The van der Waals surface area contributed by atoms with Gasteiger partial charge in [-0.3, -0.25) is 4.79 Å². The van der Waals surface area contributed by atoms with Crippen LogP contribution < -0.4 is 10.6 Å². The van der Waals surface area contributed by atoms with E-state index >= 15 is 0 Å². The first-order valence-corrected chi connectivity index (χ1v) is 6.29. The van der Waals surface area contributed by atoms with E-state index < -0.39 is 0 Å². The van der Waals surface area contributed by atoms with Gasteiger partial charge in [0.05, 0.1) is 5.69 Å². The van der Waals surface area contributed by atoms with Gasteiger partial charge < -0.3 is 10.6 Å². The van der Waals surface area contributed by atoms with E-state index in [-0.39, 0.29) is 11.2 Å². The second-order valence-corrected chi connectivity index (χ2v) is 5.45. The Hall–Kier alpha value is -0.520. The summed E-state index contributed by atoms with van der Waals surface area (Å²) in [7, 11) is 1.85. The molecule has 0 bridgehead atoms. The fourth-order valence-corrected chi connectivity index (χ4v) is 3.11. The minimum Gasteiger partial charge on any atom is -0.324 e. The Morgan fingerprint density at radius 1 is 1.60 bits per heavy atom. The molecule has 0 fully saturated rings. The van der Waals surface area contributed by atoms with E-state index in [1.54, 1.807) is 11.8 Å². The van der Waals surface area contributed by atoms with Crippen molar-refractivity contribution in [1.29, 1.82) is 0 Å². The molecule has 5 heteroatoms. The molecular weight excluding hydrogens is 276 g/mol. The van der Waals surface area contributed by atoms with Crippen molar-refractivity contribution in [2.24, 2.45) is 0 Å². The molecule has 0 aromatic heterocycles. The van der Waals surface area contributed by atoms with E-state index in [0.29, 0.717) is 6.54 Å². The maximum absolute atomic E-state index is 11.6. The van der Waals surface area contributed by atoms with Gasteiger partial charge in [-0.15, -0.1) is 11.8 Å². The smallest absolute Gasteiger partial charge is 0.239 e. The van der Waals surface area contributed by atoms with Gasteiger partial charge in [0.2, 0.25) is 5.91 Å². The number of hydrogen-bond donors (Lipinski definition) is 2. The molecule has 1 aliphatic rings. The molecule has 0 spiro atoms. The zero-order valence-electron chi connectivity index (χ0n) is 8.21. The molecule has 0 radical (unpaired) electrons. The second kappa shape index (κ2) is 4.55. The molecular formula is C10H11BrN2OS. The molecule has 2 rings (SSSR count). The highest BCUT2D eigenvalue weighted by Gasteiger charge is 2.26. The largest absolute Gasteiger partial charge is 0.324 e. The van der Waals surface area contributed by atoms with Crippen molar-refractivity contribution < 1.29 is 4.79 Å². The predicted octanol–water partition coefficient (Wildman–Crippen LogP) is 2.08. The lowest BCUT2D eigenvalue weighted by Gasteiger charge is -2.23. The van der Waals surface area contributed by atoms with Crippen molar-refractivity contribution in [3.8, 4) is 0 Å². The standard InChI is InChI=1S/C10H11BrN2OS/c1-12-5-9-10(14)13-7-3-2-6(11)4-8(7)15-9/h2-4,9,12H,5H2,1H3,(H,13,14). The summed E-state index contributed by atoms with van der Waals surface area (Å²) in [5.41, 5.74) is 0.903. The highest BCUT2D eigenvalue weighted by atomic mass is 79.9. The number of carbonyl (C=O) groups excluding carboxylic acids is 1. The Kier molecular flexibility index (Phi) is 3.33. The summed E-state index contributed by atoms with van der Waals surface area (Å²) in [6.45, 7) is 0.683. The number of thioether (sulfide) groups is 1. The molecule has 1 heterocycles. The summed E-state index contributed by atoms with van der Waals surface area (Å²) in [6, 6.07) is 5.88. The molecule has 1 atom stereocenters. The van der Waals surface area contributed by atoms with Gasteiger partial charge in [-0.1, -0.05) is 15.9 Å². The predicted molar refractivity (Wildman–Crippen MR) is 66.3 cm³/mol. The number of benzene rings is 1. The Balaban J connectivity index is 2.26. The number of nitrogens with one attached hydrogen (secondary N) is 2. The van der Waals surface area contributed by atoms with Crippen LogP contribution in [-0.2, 0) is 4.79 Å². The molecule has 0 saturated heterocycles. The summed E-state index contributed by atoms with van der Waals surface area (Å²) >= 11 is 5.02. The highest BCUT2D eigenvalue weighted by Crippen LogP contribution is 2.36. The van der Waals surface area contributed by atoms with Crippen LogP contribution in [0.4, 0.5) is 5.69 Å². The van der Waals surface area contributed by atoms with Gasteiger partial charge in [-0.2, -0.15) is 0 Å². The quantitative estimate of drug-likeness (QED) is 0.875. The summed E-state index contributed by atoms with van der Waals surface area (Å²) in [4.78, 5) is 12.8. The molecule has 0 saturated carbocycles. The SMILES string of the molecule is CNCC1Sc2cc(Br)ccc2NC1=O. The van der Waals surface area contributed by atoms with Crippen molar-refractivity contribution in [1.82, 2.24) is 5.32 Å². The zero-order valence-corrected chi connectivity index (χ0v) is 10.6. The van der Waals surface area contributed by atoms with Crippen molar-refractivity contribution in [2.45, 2.75) is 10.1 Å². The molecule has 2 N–H and O–H groups in total. The van der Waals surface area contributed by atoms with Gasteiger partial charge in [0.15, 0.2) is 0 Å². The molecule has 1 aromatic carbocycles. The van der Waals surface area contributed by atoms with Gasteiger partial charge in [-0.25, -0.2) is 0 Å². The van der Waals surface area contributed by atoms with Crippen LogP contribution in [0.2, 0.25) is 0 Å². The molecule has 1 aromatic rings. The monoisotopic (exact) mass is 286 g/mol. The zero-order chi connectivity index (χ0) is 10.8. The van der Waals surface area contributed by atoms with Crippen molar-refractivity contribution in [2.75, 3.05) is 18.9 Å². The third-order valence-corrected chi connectivity index (χ3v) is 3.90. The summed E-state index contributed by atoms with van der Waals surface area (Å²) in [5, 5.41) is 5.88. The van der Waals surface area contributed by atoms with E-state index in [0.717, 1.165) is 15.1 Å². The fourth-order valence-electron chi connectivity index (χ4n) is 1.44. The lowest BCUT2D eigenvalue weighted by Crippen LogP contribution is -2.35. The van der Waals surface area contributed by atoms with Crippen LogP contribution in [0.25, 0.3) is 0 Å². The minimum atomic E-state index is -0.0446. The lowest BCUT2D eigenvalue weighted by molar-refractivity contribution is -0.115. The second-order valence-electron chi connectivity index (χ2n) is 3.29. The molecule has 80 valence electrons. The topological polar surface area (TPSA) is 41.1 Å². The third kappa shape index (κ3) is 2.35. The Bertz CT molecular complexity index is 397. The molecule has 1 amide bonds. The summed E-state index contributed by atoms with van der Waals surface area (Å²) in [6.07, 6.45) is 0.